The molecular formula is C22H24FN3O2. The van der Waals surface area contributed by atoms with Crippen LogP contribution in [0.5, 0.6) is 0 Å². The van der Waals surface area contributed by atoms with Gasteiger partial charge in [-0.25, -0.2) is 4.39 Å². The number of benzene rings is 2. The van der Waals surface area contributed by atoms with E-state index in [-0.39, 0.29) is 17.6 Å². The van der Waals surface area contributed by atoms with Crippen molar-refractivity contribution in [1.82, 2.24) is 4.90 Å². The van der Waals surface area contributed by atoms with Crippen LogP contribution in [0.1, 0.15) is 19.4 Å². The van der Waals surface area contributed by atoms with E-state index in [9.17, 15) is 14.0 Å². The number of nitrogens with one attached hydrogen (secondary N) is 1. The monoisotopic (exact) mass is 381 g/mol. The molecule has 1 aliphatic rings. The number of nitrogens with zero attached hydrogens (tertiary/aromatic N) is 2. The average molecular weight is 381 g/mol. The van der Waals surface area contributed by atoms with Gasteiger partial charge in [0.15, 0.2) is 0 Å². The molecule has 0 bridgehead atoms. The van der Waals surface area contributed by atoms with E-state index >= 15 is 0 Å². The fourth-order valence-corrected chi connectivity index (χ4v) is 3.16. The van der Waals surface area contributed by atoms with Crippen molar-refractivity contribution < 1.29 is 14.0 Å². The van der Waals surface area contributed by atoms with E-state index in [1.165, 1.54) is 12.1 Å². The number of hydrogen-bond acceptors (Lipinski definition) is 3. The molecule has 0 spiro atoms. The Morgan fingerprint density at radius 3 is 2.21 bits per heavy atom. The van der Waals surface area contributed by atoms with Crippen LogP contribution in [0.25, 0.3) is 6.08 Å². The second kappa shape index (κ2) is 8.69. The number of carbonyl (C=O) groups is 2. The number of amides is 2. The highest BCUT2D eigenvalue weighted by Crippen LogP contribution is 2.20. The zero-order valence-electron chi connectivity index (χ0n) is 16.1. The van der Waals surface area contributed by atoms with Crippen molar-refractivity contribution in [3.8, 4) is 0 Å². The van der Waals surface area contributed by atoms with Crippen LogP contribution in [-0.4, -0.2) is 42.9 Å². The Hall–Kier alpha value is -3.15. The van der Waals surface area contributed by atoms with E-state index in [0.717, 1.165) is 18.8 Å². The van der Waals surface area contributed by atoms with Crippen molar-refractivity contribution in [2.24, 2.45) is 0 Å². The Kier molecular flexibility index (Phi) is 6.09. The molecule has 1 heterocycles. The maximum absolute atomic E-state index is 13.7. The number of hydrogen-bond donors (Lipinski definition) is 1. The molecule has 1 saturated heterocycles. The van der Waals surface area contributed by atoms with E-state index < -0.39 is 0 Å². The summed E-state index contributed by atoms with van der Waals surface area (Å²) in [5.74, 6) is -0.522. The lowest BCUT2D eigenvalue weighted by Crippen LogP contribution is -2.48. The third kappa shape index (κ3) is 4.76. The van der Waals surface area contributed by atoms with Gasteiger partial charge in [0, 0.05) is 55.6 Å². The number of anilines is 2. The van der Waals surface area contributed by atoms with Gasteiger partial charge >= 0.3 is 0 Å². The highest BCUT2D eigenvalue weighted by Gasteiger charge is 2.18. The van der Waals surface area contributed by atoms with E-state index in [0.29, 0.717) is 29.9 Å². The van der Waals surface area contributed by atoms with Crippen LogP contribution in [0.4, 0.5) is 15.8 Å². The molecule has 5 nitrogen and oxygen atoms in total. The van der Waals surface area contributed by atoms with E-state index in [1.807, 2.05) is 29.2 Å². The fraction of sp³-hybridized carbons (Fsp3) is 0.273. The summed E-state index contributed by atoms with van der Waals surface area (Å²) in [6.45, 7) is 6.26. The van der Waals surface area contributed by atoms with Gasteiger partial charge in [0.2, 0.25) is 5.91 Å². The van der Waals surface area contributed by atoms with Gasteiger partial charge in [0.25, 0.3) is 5.91 Å². The molecule has 28 heavy (non-hydrogen) atoms. The minimum atomic E-state index is -0.358. The van der Waals surface area contributed by atoms with Gasteiger partial charge in [-0.1, -0.05) is 18.2 Å². The topological polar surface area (TPSA) is 52.7 Å². The van der Waals surface area contributed by atoms with Crippen molar-refractivity contribution in [2.75, 3.05) is 36.4 Å². The predicted molar refractivity (Wildman–Crippen MR) is 110 cm³/mol. The van der Waals surface area contributed by atoms with Crippen molar-refractivity contribution in [3.05, 3.63) is 65.5 Å². The molecule has 1 aliphatic heterocycles. The van der Waals surface area contributed by atoms with Crippen molar-refractivity contribution >= 4 is 29.3 Å². The predicted octanol–water partition coefficient (Wildman–Crippen LogP) is 3.54. The van der Waals surface area contributed by atoms with Crippen LogP contribution < -0.4 is 10.2 Å². The molecule has 0 saturated carbocycles. The quantitative estimate of drug-likeness (QED) is 0.825. The minimum Gasteiger partial charge on any atom is -0.368 e. The molecule has 0 atom stereocenters. The second-order valence-electron chi connectivity index (χ2n) is 6.84. The van der Waals surface area contributed by atoms with Crippen LogP contribution >= 0.6 is 0 Å². The SMILES string of the molecule is CC(=O)N1CCN(c2ccc(NC(=O)/C(C)=C/c3ccccc3F)cc2)CC1. The number of piperazine rings is 1. The molecular weight excluding hydrogens is 357 g/mol. The second-order valence-corrected chi connectivity index (χ2v) is 6.84. The van der Waals surface area contributed by atoms with Crippen molar-refractivity contribution in [1.29, 1.82) is 0 Å². The van der Waals surface area contributed by atoms with Gasteiger partial charge in [-0.15, -0.1) is 0 Å². The zero-order chi connectivity index (χ0) is 20.1. The highest BCUT2D eigenvalue weighted by molar-refractivity contribution is 6.06. The molecule has 3 rings (SSSR count). The highest BCUT2D eigenvalue weighted by atomic mass is 19.1. The van der Waals surface area contributed by atoms with Crippen LogP contribution in [0, 0.1) is 5.82 Å². The molecule has 1 N–H and O–H groups in total. The molecule has 2 amide bonds. The molecule has 2 aromatic carbocycles. The summed E-state index contributed by atoms with van der Waals surface area (Å²) < 4.78 is 13.7. The van der Waals surface area contributed by atoms with E-state index in [1.54, 1.807) is 32.0 Å². The van der Waals surface area contributed by atoms with E-state index in [4.69, 9.17) is 0 Å². The molecule has 0 aromatic heterocycles. The summed E-state index contributed by atoms with van der Waals surface area (Å²) in [6.07, 6.45) is 1.54. The van der Waals surface area contributed by atoms with Crippen LogP contribution in [-0.2, 0) is 9.59 Å². The summed E-state index contributed by atoms with van der Waals surface area (Å²) in [5.41, 5.74) is 2.54. The number of rotatable bonds is 4. The van der Waals surface area contributed by atoms with E-state index in [2.05, 4.69) is 10.2 Å². The molecule has 146 valence electrons. The number of carbonyl (C=O) groups excluding carboxylic acids is 2. The Balaban J connectivity index is 1.60. The van der Waals surface area contributed by atoms with Crippen molar-refractivity contribution in [2.45, 2.75) is 13.8 Å². The molecule has 0 aliphatic carbocycles. The third-order valence-corrected chi connectivity index (χ3v) is 4.85. The molecule has 2 aromatic rings. The van der Waals surface area contributed by atoms with Gasteiger partial charge in [-0.2, -0.15) is 0 Å². The summed E-state index contributed by atoms with van der Waals surface area (Å²) in [6, 6.07) is 13.9. The normalized spacial score (nSPS) is 14.8. The molecule has 0 unspecified atom stereocenters. The first-order valence-corrected chi connectivity index (χ1v) is 9.29. The fourth-order valence-electron chi connectivity index (χ4n) is 3.16. The largest absolute Gasteiger partial charge is 0.368 e. The Morgan fingerprint density at radius 2 is 1.61 bits per heavy atom. The smallest absolute Gasteiger partial charge is 0.251 e. The maximum Gasteiger partial charge on any atom is 0.251 e. The lowest BCUT2D eigenvalue weighted by atomic mass is 10.1. The summed E-state index contributed by atoms with van der Waals surface area (Å²) in [4.78, 5) is 27.8. The van der Waals surface area contributed by atoms with Gasteiger partial charge in [0.05, 0.1) is 0 Å². The van der Waals surface area contributed by atoms with Crippen molar-refractivity contribution in [3.63, 3.8) is 0 Å². The Morgan fingerprint density at radius 1 is 0.964 bits per heavy atom. The van der Waals surface area contributed by atoms with Crippen LogP contribution in [0.15, 0.2) is 54.1 Å². The third-order valence-electron chi connectivity index (χ3n) is 4.85. The standard InChI is InChI=1S/C22H24FN3O2/c1-16(15-18-5-3-4-6-21(18)23)22(28)24-19-7-9-20(10-8-19)26-13-11-25(12-14-26)17(2)27/h3-10,15H,11-14H2,1-2H3,(H,24,28)/b16-15+. The first-order chi connectivity index (χ1) is 13.4. The summed E-state index contributed by atoms with van der Waals surface area (Å²) in [5, 5.41) is 2.83. The zero-order valence-corrected chi connectivity index (χ0v) is 16.1. The lowest BCUT2D eigenvalue weighted by Gasteiger charge is -2.35. The summed E-state index contributed by atoms with van der Waals surface area (Å²) >= 11 is 0. The first-order valence-electron chi connectivity index (χ1n) is 9.29. The molecule has 1 fully saturated rings. The Bertz CT molecular complexity index is 885. The van der Waals surface area contributed by atoms with Crippen LogP contribution in [0.2, 0.25) is 0 Å². The number of halogens is 1. The van der Waals surface area contributed by atoms with Gasteiger partial charge in [0.1, 0.15) is 5.82 Å². The van der Waals surface area contributed by atoms with Gasteiger partial charge < -0.3 is 15.1 Å². The Labute approximate surface area is 164 Å². The maximum atomic E-state index is 13.7. The van der Waals surface area contributed by atoms with Crippen LogP contribution in [0.3, 0.4) is 0 Å². The first kappa shape index (κ1) is 19.6. The average Bonchev–Trinajstić information content (AvgIpc) is 2.70. The minimum absolute atomic E-state index is 0.108. The molecule has 0 radical (unpaired) electrons. The summed E-state index contributed by atoms with van der Waals surface area (Å²) in [7, 11) is 0. The molecule has 6 heteroatoms. The van der Waals surface area contributed by atoms with Gasteiger partial charge in [-0.05, 0) is 43.3 Å². The lowest BCUT2D eigenvalue weighted by molar-refractivity contribution is -0.129. The van der Waals surface area contributed by atoms with Gasteiger partial charge in [-0.3, -0.25) is 9.59 Å².